The number of halogens is 5. The van der Waals surface area contributed by atoms with Crippen molar-refractivity contribution in [3.05, 3.63) is 35.4 Å². The summed E-state index contributed by atoms with van der Waals surface area (Å²) in [5.41, 5.74) is 0.0296. The summed E-state index contributed by atoms with van der Waals surface area (Å²) in [6, 6.07) is 4.68. The molecule has 1 amide bonds. The van der Waals surface area contributed by atoms with Gasteiger partial charge in [0.2, 0.25) is 0 Å². The van der Waals surface area contributed by atoms with Crippen LogP contribution >= 0.6 is 0 Å². The molecule has 29 heavy (non-hydrogen) atoms. The quantitative estimate of drug-likeness (QED) is 0.682. The van der Waals surface area contributed by atoms with Crippen LogP contribution in [-0.2, 0) is 17.5 Å². The number of alkyl halides is 5. The molecule has 0 spiro atoms. The molecule has 160 valence electrons. The molecule has 1 aromatic carbocycles. The second-order valence-electron chi connectivity index (χ2n) is 9.07. The Morgan fingerprint density at radius 2 is 1.72 bits per heavy atom. The summed E-state index contributed by atoms with van der Waals surface area (Å²) in [6.45, 7) is 5.42. The van der Waals surface area contributed by atoms with Gasteiger partial charge in [-0.3, -0.25) is 9.69 Å². The molecule has 8 heteroatoms. The molecule has 0 saturated carbocycles. The van der Waals surface area contributed by atoms with Crippen LogP contribution in [0.15, 0.2) is 24.3 Å². The maximum Gasteiger partial charge on any atom is 0.416 e. The first-order valence-electron chi connectivity index (χ1n) is 10.1. The van der Waals surface area contributed by atoms with Crippen molar-refractivity contribution >= 4 is 5.91 Å². The van der Waals surface area contributed by atoms with Gasteiger partial charge in [-0.25, -0.2) is 0 Å². The summed E-state index contributed by atoms with van der Waals surface area (Å²) in [6.07, 6.45) is -4.13. The highest BCUT2D eigenvalue weighted by atomic mass is 19.4. The number of likely N-dealkylation sites (tertiary alicyclic amines) is 1. The van der Waals surface area contributed by atoms with Crippen LogP contribution in [0.3, 0.4) is 0 Å². The number of nitrogens with zero attached hydrogens (tertiary/aromatic N) is 2. The molecule has 3 nitrogen and oxygen atoms in total. The molecule has 3 aliphatic rings. The molecule has 0 radical (unpaired) electrons. The molecule has 3 heterocycles. The molecule has 3 saturated heterocycles. The number of piperidine rings is 2. The fourth-order valence-corrected chi connectivity index (χ4v) is 5.51. The number of carbonyl (C=O) groups is 1. The van der Waals surface area contributed by atoms with E-state index in [1.165, 1.54) is 17.0 Å². The van der Waals surface area contributed by atoms with Gasteiger partial charge in [0.15, 0.2) is 0 Å². The summed E-state index contributed by atoms with van der Waals surface area (Å²) < 4.78 is 67.2. The van der Waals surface area contributed by atoms with Crippen molar-refractivity contribution in [2.75, 3.05) is 13.1 Å². The lowest BCUT2D eigenvalue weighted by atomic mass is 9.78. The van der Waals surface area contributed by atoms with E-state index in [4.69, 9.17) is 0 Å². The highest BCUT2D eigenvalue weighted by molar-refractivity contribution is 5.85. The van der Waals surface area contributed by atoms with Gasteiger partial charge in [-0.2, -0.15) is 22.0 Å². The van der Waals surface area contributed by atoms with Crippen LogP contribution in [0.25, 0.3) is 0 Å². The van der Waals surface area contributed by atoms with Crippen molar-refractivity contribution in [1.29, 1.82) is 0 Å². The number of hydrogen-bond acceptors (Lipinski definition) is 2. The zero-order valence-corrected chi connectivity index (χ0v) is 16.4. The number of rotatable bonds is 3. The SMILES string of the molecule is CC(C)[C@H]1CC2CN(Cc3ccc(C(F)(F)F)cc3)C[C@H]3CC(F)(F)C(=O)N1[C@@H]23. The molecule has 0 aromatic heterocycles. The molecule has 0 aliphatic carbocycles. The largest absolute Gasteiger partial charge is 0.416 e. The summed E-state index contributed by atoms with van der Waals surface area (Å²) in [5, 5.41) is 0. The Bertz CT molecular complexity index is 776. The van der Waals surface area contributed by atoms with E-state index >= 15 is 0 Å². The number of amides is 1. The summed E-state index contributed by atoms with van der Waals surface area (Å²) >= 11 is 0. The predicted octanol–water partition coefficient (Wildman–Crippen LogP) is 4.42. The van der Waals surface area contributed by atoms with Crippen LogP contribution in [0.2, 0.25) is 0 Å². The number of hydrogen-bond donors (Lipinski definition) is 0. The lowest BCUT2D eigenvalue weighted by molar-refractivity contribution is -0.180. The van der Waals surface area contributed by atoms with Crippen LogP contribution in [0.1, 0.15) is 37.8 Å². The first-order valence-corrected chi connectivity index (χ1v) is 10.1. The van der Waals surface area contributed by atoms with Gasteiger partial charge >= 0.3 is 12.1 Å². The van der Waals surface area contributed by atoms with Gasteiger partial charge in [-0.05, 0) is 41.9 Å². The van der Waals surface area contributed by atoms with E-state index in [0.717, 1.165) is 17.7 Å². The minimum atomic E-state index is -4.38. The number of benzene rings is 1. The zero-order chi connectivity index (χ0) is 21.1. The molecular formula is C21H25F5N2O. The van der Waals surface area contributed by atoms with Crippen molar-refractivity contribution in [3.63, 3.8) is 0 Å². The van der Waals surface area contributed by atoms with Crippen molar-refractivity contribution in [3.8, 4) is 0 Å². The van der Waals surface area contributed by atoms with Gasteiger partial charge in [0.1, 0.15) is 0 Å². The first-order chi connectivity index (χ1) is 13.5. The Labute approximate surface area is 166 Å². The molecule has 0 N–H and O–H groups in total. The second-order valence-corrected chi connectivity index (χ2v) is 9.07. The predicted molar refractivity (Wildman–Crippen MR) is 97.1 cm³/mol. The Morgan fingerprint density at radius 1 is 1.10 bits per heavy atom. The van der Waals surface area contributed by atoms with E-state index in [-0.39, 0.29) is 29.8 Å². The van der Waals surface area contributed by atoms with Crippen molar-refractivity contribution in [2.45, 2.75) is 57.4 Å². The van der Waals surface area contributed by atoms with Gasteiger partial charge in [0.05, 0.1) is 5.56 Å². The molecule has 1 unspecified atom stereocenters. The van der Waals surface area contributed by atoms with Crippen LogP contribution in [-0.4, -0.2) is 46.8 Å². The minimum absolute atomic E-state index is 0.0995. The smallest absolute Gasteiger partial charge is 0.331 e. The fourth-order valence-electron chi connectivity index (χ4n) is 5.51. The summed E-state index contributed by atoms with van der Waals surface area (Å²) in [7, 11) is 0. The van der Waals surface area contributed by atoms with E-state index in [9.17, 15) is 26.7 Å². The van der Waals surface area contributed by atoms with E-state index in [1.807, 2.05) is 13.8 Å². The van der Waals surface area contributed by atoms with E-state index < -0.39 is 30.0 Å². The van der Waals surface area contributed by atoms with Crippen LogP contribution in [0, 0.1) is 17.8 Å². The third-order valence-corrected chi connectivity index (χ3v) is 6.70. The molecular weight excluding hydrogens is 391 g/mol. The van der Waals surface area contributed by atoms with E-state index in [0.29, 0.717) is 26.1 Å². The van der Waals surface area contributed by atoms with Gasteiger partial charge in [-0.15, -0.1) is 0 Å². The molecule has 3 fully saturated rings. The highest BCUT2D eigenvalue weighted by Crippen LogP contribution is 2.49. The average molecular weight is 416 g/mol. The Kier molecular flexibility index (Phi) is 4.91. The standard InChI is InChI=1S/C21H25F5N2O/c1-12(2)17-7-14-10-27(9-13-3-5-16(6-4-13)21(24,25)26)11-15-8-20(22,23)19(29)28(17)18(14)15/h3-6,12,14-15,17-18H,7-11H2,1-2H3/t14?,15-,17-,18+/m1/s1. The monoisotopic (exact) mass is 416 g/mol. The summed E-state index contributed by atoms with van der Waals surface area (Å²) in [4.78, 5) is 16.0. The van der Waals surface area contributed by atoms with E-state index in [1.54, 1.807) is 0 Å². The molecule has 1 aromatic rings. The molecule has 4 rings (SSSR count). The van der Waals surface area contributed by atoms with Crippen LogP contribution < -0.4 is 0 Å². The maximum atomic E-state index is 14.5. The van der Waals surface area contributed by atoms with Crippen molar-refractivity contribution < 1.29 is 26.7 Å². The van der Waals surface area contributed by atoms with Gasteiger partial charge < -0.3 is 4.90 Å². The van der Waals surface area contributed by atoms with Crippen molar-refractivity contribution in [2.24, 2.45) is 17.8 Å². The van der Waals surface area contributed by atoms with Crippen LogP contribution in [0.4, 0.5) is 22.0 Å². The summed E-state index contributed by atoms with van der Waals surface area (Å²) in [5.74, 6) is -4.48. The molecule has 0 bridgehead atoms. The number of carbonyl (C=O) groups excluding carboxylic acids is 1. The lowest BCUT2D eigenvalue weighted by Crippen LogP contribution is -2.63. The topological polar surface area (TPSA) is 23.6 Å². The minimum Gasteiger partial charge on any atom is -0.331 e. The van der Waals surface area contributed by atoms with Gasteiger partial charge in [0, 0.05) is 38.1 Å². The lowest BCUT2D eigenvalue weighted by Gasteiger charge is -2.49. The second kappa shape index (κ2) is 6.93. The normalized spacial score (nSPS) is 32.0. The van der Waals surface area contributed by atoms with Crippen LogP contribution in [0.5, 0.6) is 0 Å². The molecule has 3 aliphatic heterocycles. The average Bonchev–Trinajstić information content (AvgIpc) is 2.99. The zero-order valence-electron chi connectivity index (χ0n) is 16.4. The van der Waals surface area contributed by atoms with Gasteiger partial charge in [0.25, 0.3) is 5.91 Å². The third-order valence-electron chi connectivity index (χ3n) is 6.70. The van der Waals surface area contributed by atoms with Gasteiger partial charge in [-0.1, -0.05) is 26.0 Å². The van der Waals surface area contributed by atoms with Crippen molar-refractivity contribution in [1.82, 2.24) is 9.80 Å². The molecule has 4 atom stereocenters. The maximum absolute atomic E-state index is 14.5. The Balaban J connectivity index is 1.53. The van der Waals surface area contributed by atoms with E-state index in [2.05, 4.69) is 4.90 Å². The Hall–Kier alpha value is -1.70. The highest BCUT2D eigenvalue weighted by Gasteiger charge is 2.61. The Morgan fingerprint density at radius 3 is 2.31 bits per heavy atom. The third kappa shape index (κ3) is 3.64. The fraction of sp³-hybridized carbons (Fsp3) is 0.667. The first kappa shape index (κ1) is 20.6.